The average molecular weight is 366 g/mol. The number of aliphatic hydroxyl groups is 1. The number of rotatable bonds is 6. The summed E-state index contributed by atoms with van der Waals surface area (Å²) in [7, 11) is 0. The van der Waals surface area contributed by atoms with Crippen LogP contribution in [0.1, 0.15) is 17.4 Å². The average Bonchev–Trinajstić information content (AvgIpc) is 3.30. The van der Waals surface area contributed by atoms with E-state index in [1.807, 2.05) is 29.6 Å². The predicted octanol–water partition coefficient (Wildman–Crippen LogP) is 3.22. The summed E-state index contributed by atoms with van der Waals surface area (Å²) in [5, 5.41) is 25.2. The zero-order chi connectivity index (χ0) is 17.9. The van der Waals surface area contributed by atoms with Crippen molar-refractivity contribution in [3.05, 3.63) is 65.2 Å². The van der Waals surface area contributed by atoms with Crippen molar-refractivity contribution in [2.24, 2.45) is 0 Å². The minimum absolute atomic E-state index is 0.248. The largest absolute Gasteiger partial charge is 0.508 e. The number of hydrogen-bond donors (Lipinski definition) is 4. The minimum Gasteiger partial charge on any atom is -0.508 e. The molecule has 0 bridgehead atoms. The lowest BCUT2D eigenvalue weighted by Gasteiger charge is -2.13. The van der Waals surface area contributed by atoms with Crippen LogP contribution in [0.2, 0.25) is 0 Å². The van der Waals surface area contributed by atoms with Gasteiger partial charge in [-0.3, -0.25) is 5.32 Å². The summed E-state index contributed by atoms with van der Waals surface area (Å²) in [5.74, 6) is 0.999. The zero-order valence-electron chi connectivity index (χ0n) is 13.9. The van der Waals surface area contributed by atoms with E-state index in [-0.39, 0.29) is 5.75 Å². The number of hydrogen-bond acceptors (Lipinski definition) is 6. The van der Waals surface area contributed by atoms with Crippen LogP contribution >= 0.6 is 11.3 Å². The van der Waals surface area contributed by atoms with E-state index in [4.69, 9.17) is 0 Å². The first-order valence-corrected chi connectivity index (χ1v) is 9.16. The molecule has 0 saturated heterocycles. The summed E-state index contributed by atoms with van der Waals surface area (Å²) >= 11 is 1.60. The van der Waals surface area contributed by atoms with Gasteiger partial charge in [-0.05, 0) is 41.6 Å². The molecule has 0 aliphatic heterocycles. The Hall–Kier alpha value is -2.74. The third kappa shape index (κ3) is 3.45. The molecule has 1 unspecified atom stereocenters. The maximum atomic E-state index is 10.6. The van der Waals surface area contributed by atoms with Crippen LogP contribution in [-0.4, -0.2) is 31.7 Å². The number of aliphatic hydroxyl groups excluding tert-OH is 1. The van der Waals surface area contributed by atoms with Crippen LogP contribution in [-0.2, 0) is 6.42 Å². The van der Waals surface area contributed by atoms with Gasteiger partial charge in [0.05, 0.1) is 10.4 Å². The number of benzene rings is 1. The van der Waals surface area contributed by atoms with E-state index >= 15 is 0 Å². The Labute approximate surface area is 154 Å². The van der Waals surface area contributed by atoms with Gasteiger partial charge in [0, 0.05) is 18.3 Å². The maximum absolute atomic E-state index is 10.6. The molecule has 0 aliphatic carbocycles. The molecule has 132 valence electrons. The van der Waals surface area contributed by atoms with Gasteiger partial charge in [0.1, 0.15) is 12.0 Å². The molecule has 26 heavy (non-hydrogen) atoms. The van der Waals surface area contributed by atoms with Crippen molar-refractivity contribution in [1.82, 2.24) is 20.3 Å². The van der Waals surface area contributed by atoms with E-state index in [1.165, 1.54) is 0 Å². The molecule has 4 rings (SSSR count). The van der Waals surface area contributed by atoms with E-state index < -0.39 is 6.23 Å². The van der Waals surface area contributed by atoms with Crippen molar-refractivity contribution < 1.29 is 10.2 Å². The van der Waals surface area contributed by atoms with Crippen LogP contribution < -0.4 is 5.32 Å². The predicted molar refractivity (Wildman–Crippen MR) is 102 cm³/mol. The number of nitrogens with zero attached hydrogens (tertiary/aromatic N) is 2. The maximum Gasteiger partial charge on any atom is 0.178 e. The molecule has 0 amide bonds. The Morgan fingerprint density at radius 2 is 2.12 bits per heavy atom. The molecule has 0 radical (unpaired) electrons. The van der Waals surface area contributed by atoms with Crippen molar-refractivity contribution in [2.75, 3.05) is 6.54 Å². The molecule has 0 spiro atoms. The number of phenols is 1. The Morgan fingerprint density at radius 3 is 2.92 bits per heavy atom. The highest BCUT2D eigenvalue weighted by Crippen LogP contribution is 2.26. The van der Waals surface area contributed by atoms with Gasteiger partial charge in [-0.25, -0.2) is 9.97 Å². The number of pyridine rings is 1. The van der Waals surface area contributed by atoms with Gasteiger partial charge in [0.15, 0.2) is 11.5 Å². The topological polar surface area (TPSA) is 94.1 Å². The van der Waals surface area contributed by atoms with Gasteiger partial charge < -0.3 is 15.2 Å². The van der Waals surface area contributed by atoms with Gasteiger partial charge in [-0.2, -0.15) is 0 Å². The molecular weight excluding hydrogens is 348 g/mol. The number of imidazole rings is 1. The standard InChI is InChI=1S/C19H18N4O2S/c24-13-4-1-3-12(11-13)6-8-21-19(25)14-7-9-20-18-16(14)22-17(23-18)15-5-2-10-26-15/h1-5,7,9-11,19,21,24-25H,6,8H2,(H,20,22,23). The first-order valence-electron chi connectivity index (χ1n) is 8.28. The summed E-state index contributed by atoms with van der Waals surface area (Å²) < 4.78 is 0. The first-order chi connectivity index (χ1) is 12.7. The van der Waals surface area contributed by atoms with Crippen LogP contribution in [0.25, 0.3) is 21.9 Å². The number of aromatic nitrogens is 3. The molecule has 6 nitrogen and oxygen atoms in total. The second kappa shape index (κ2) is 7.25. The first kappa shape index (κ1) is 16.7. The fourth-order valence-electron chi connectivity index (χ4n) is 2.86. The number of nitrogens with one attached hydrogen (secondary N) is 2. The number of aromatic amines is 1. The van der Waals surface area contributed by atoms with Gasteiger partial charge in [0.25, 0.3) is 0 Å². The fourth-order valence-corrected chi connectivity index (χ4v) is 3.53. The summed E-state index contributed by atoms with van der Waals surface area (Å²) in [4.78, 5) is 13.1. The van der Waals surface area contributed by atoms with Crippen molar-refractivity contribution in [3.63, 3.8) is 0 Å². The number of phenolic OH excluding ortho intramolecular Hbond substituents is 1. The Balaban J connectivity index is 1.50. The smallest absolute Gasteiger partial charge is 0.178 e. The highest BCUT2D eigenvalue weighted by atomic mass is 32.1. The van der Waals surface area contributed by atoms with Gasteiger partial charge >= 0.3 is 0 Å². The number of H-pyrrole nitrogens is 1. The molecule has 0 saturated carbocycles. The van der Waals surface area contributed by atoms with Crippen molar-refractivity contribution in [1.29, 1.82) is 0 Å². The molecule has 4 N–H and O–H groups in total. The van der Waals surface area contributed by atoms with E-state index in [2.05, 4.69) is 20.3 Å². The molecule has 0 aliphatic rings. The summed E-state index contributed by atoms with van der Waals surface area (Å²) in [5.41, 5.74) is 3.03. The van der Waals surface area contributed by atoms with Crippen molar-refractivity contribution in [2.45, 2.75) is 12.6 Å². The fraction of sp³-hybridized carbons (Fsp3) is 0.158. The number of thiophene rings is 1. The lowest BCUT2D eigenvalue weighted by atomic mass is 10.1. The lowest BCUT2D eigenvalue weighted by Crippen LogP contribution is -2.23. The second-order valence-corrected chi connectivity index (χ2v) is 6.89. The van der Waals surface area contributed by atoms with Crippen LogP contribution in [0, 0.1) is 0 Å². The Morgan fingerprint density at radius 1 is 1.19 bits per heavy atom. The third-order valence-corrected chi connectivity index (χ3v) is 5.01. The third-order valence-electron chi connectivity index (χ3n) is 4.14. The molecule has 3 aromatic heterocycles. The molecular formula is C19H18N4O2S. The zero-order valence-corrected chi connectivity index (χ0v) is 14.7. The van der Waals surface area contributed by atoms with Crippen molar-refractivity contribution >= 4 is 22.5 Å². The Bertz CT molecular complexity index is 1010. The van der Waals surface area contributed by atoms with Crippen LogP contribution in [0.4, 0.5) is 0 Å². The molecule has 7 heteroatoms. The van der Waals surface area contributed by atoms with E-state index in [9.17, 15) is 10.2 Å². The van der Waals surface area contributed by atoms with Crippen LogP contribution in [0.15, 0.2) is 54.0 Å². The molecule has 1 aromatic carbocycles. The molecule has 4 aromatic rings. The molecule has 1 atom stereocenters. The SMILES string of the molecule is Oc1cccc(CCNC(O)c2ccnc3nc(-c4cccs4)[nH]c23)c1. The van der Waals surface area contributed by atoms with Gasteiger partial charge in [-0.1, -0.05) is 18.2 Å². The number of aromatic hydroxyl groups is 1. The minimum atomic E-state index is -0.838. The van der Waals surface area contributed by atoms with E-state index in [1.54, 1.807) is 35.7 Å². The Kier molecular flexibility index (Phi) is 4.66. The molecule has 0 fully saturated rings. The summed E-state index contributed by atoms with van der Waals surface area (Å²) in [6, 6.07) is 12.9. The van der Waals surface area contributed by atoms with E-state index in [0.717, 1.165) is 21.8 Å². The van der Waals surface area contributed by atoms with Crippen LogP contribution in [0.5, 0.6) is 5.75 Å². The molecule has 3 heterocycles. The highest BCUT2D eigenvalue weighted by Gasteiger charge is 2.15. The summed E-state index contributed by atoms with van der Waals surface area (Å²) in [6.45, 7) is 0.570. The normalized spacial score (nSPS) is 12.5. The monoisotopic (exact) mass is 366 g/mol. The van der Waals surface area contributed by atoms with E-state index in [0.29, 0.717) is 24.2 Å². The quantitative estimate of drug-likeness (QED) is 0.393. The second-order valence-electron chi connectivity index (χ2n) is 5.94. The van der Waals surface area contributed by atoms with Gasteiger partial charge in [-0.15, -0.1) is 11.3 Å². The highest BCUT2D eigenvalue weighted by molar-refractivity contribution is 7.13. The lowest BCUT2D eigenvalue weighted by molar-refractivity contribution is 0.141. The van der Waals surface area contributed by atoms with Crippen molar-refractivity contribution in [3.8, 4) is 16.5 Å². The van der Waals surface area contributed by atoms with Crippen LogP contribution in [0.3, 0.4) is 0 Å². The number of fused-ring (bicyclic) bond motifs is 1. The van der Waals surface area contributed by atoms with Gasteiger partial charge in [0.2, 0.25) is 0 Å². The summed E-state index contributed by atoms with van der Waals surface area (Å²) in [6.07, 6.45) is 1.51.